The van der Waals surface area contributed by atoms with Gasteiger partial charge in [0.2, 0.25) is 0 Å². The third-order valence-corrected chi connectivity index (χ3v) is 4.73. The number of anilines is 1. The molecule has 0 aliphatic carbocycles. The molecule has 0 aromatic heterocycles. The van der Waals surface area contributed by atoms with Crippen molar-refractivity contribution in [2.45, 2.75) is 33.8 Å². The second kappa shape index (κ2) is 8.49. The van der Waals surface area contributed by atoms with Crippen LogP contribution in [0.4, 0.5) is 5.69 Å². The van der Waals surface area contributed by atoms with Gasteiger partial charge in [0, 0.05) is 12.2 Å². The summed E-state index contributed by atoms with van der Waals surface area (Å²) in [4.78, 5) is 51.0. The van der Waals surface area contributed by atoms with Crippen molar-refractivity contribution in [3.63, 3.8) is 0 Å². The maximum absolute atomic E-state index is 12.6. The zero-order valence-electron chi connectivity index (χ0n) is 17.4. The summed E-state index contributed by atoms with van der Waals surface area (Å²) in [5.41, 5.74) is 2.20. The lowest BCUT2D eigenvalue weighted by molar-refractivity contribution is -0.123. The molecule has 2 aromatic carbocycles. The Hall–Kier alpha value is -3.48. The minimum absolute atomic E-state index is 0.108. The number of benzene rings is 2. The van der Waals surface area contributed by atoms with Gasteiger partial charge in [-0.15, -0.1) is 0 Å². The first-order chi connectivity index (χ1) is 14.2. The molecular weight excluding hydrogens is 384 g/mol. The molecule has 1 aliphatic heterocycles. The molecule has 1 N–H and O–H groups in total. The summed E-state index contributed by atoms with van der Waals surface area (Å²) in [6, 6.07) is 11.5. The highest BCUT2D eigenvalue weighted by Crippen LogP contribution is 2.25. The zero-order chi connectivity index (χ0) is 22.0. The number of nitrogens with one attached hydrogen (secondary N) is 1. The first kappa shape index (κ1) is 21.2. The van der Waals surface area contributed by atoms with Gasteiger partial charge in [-0.2, -0.15) is 0 Å². The van der Waals surface area contributed by atoms with E-state index in [2.05, 4.69) is 5.32 Å². The Morgan fingerprint density at radius 1 is 0.967 bits per heavy atom. The predicted molar refractivity (Wildman–Crippen MR) is 111 cm³/mol. The number of amides is 3. The highest BCUT2D eigenvalue weighted by atomic mass is 16.5. The largest absolute Gasteiger partial charge is 0.449 e. The van der Waals surface area contributed by atoms with Gasteiger partial charge < -0.3 is 10.1 Å². The van der Waals surface area contributed by atoms with Gasteiger partial charge in [0.25, 0.3) is 17.7 Å². The van der Waals surface area contributed by atoms with Crippen LogP contribution in [0.5, 0.6) is 0 Å². The van der Waals surface area contributed by atoms with E-state index in [9.17, 15) is 19.2 Å². The molecule has 7 nitrogen and oxygen atoms in total. The fourth-order valence-corrected chi connectivity index (χ4v) is 3.11. The molecule has 2 aromatic rings. The summed E-state index contributed by atoms with van der Waals surface area (Å²) < 4.78 is 5.25. The van der Waals surface area contributed by atoms with Crippen molar-refractivity contribution < 1.29 is 23.9 Å². The molecule has 0 saturated heterocycles. The average molecular weight is 408 g/mol. The Bertz CT molecular complexity index is 1010. The third-order valence-electron chi connectivity index (χ3n) is 4.73. The number of hydrogen-bond acceptors (Lipinski definition) is 5. The lowest BCUT2D eigenvalue weighted by Gasteiger charge is -2.15. The van der Waals surface area contributed by atoms with Gasteiger partial charge in [0.1, 0.15) is 0 Å². The summed E-state index contributed by atoms with van der Waals surface area (Å²) in [7, 11) is 0. The minimum Gasteiger partial charge on any atom is -0.449 e. The Balaban J connectivity index is 1.69. The summed E-state index contributed by atoms with van der Waals surface area (Å²) >= 11 is 0. The molecule has 1 aliphatic rings. The number of nitrogens with zero attached hydrogens (tertiary/aromatic N) is 1. The number of hydrogen-bond donors (Lipinski definition) is 1. The molecule has 30 heavy (non-hydrogen) atoms. The lowest BCUT2D eigenvalue weighted by Crippen LogP contribution is -2.33. The first-order valence-electron chi connectivity index (χ1n) is 9.76. The van der Waals surface area contributed by atoms with Crippen molar-refractivity contribution in [1.29, 1.82) is 0 Å². The summed E-state index contributed by atoms with van der Waals surface area (Å²) in [5.74, 6) is -1.88. The van der Waals surface area contributed by atoms with Gasteiger partial charge in [-0.05, 0) is 50.1 Å². The van der Waals surface area contributed by atoms with Crippen molar-refractivity contribution >= 4 is 29.4 Å². The van der Waals surface area contributed by atoms with Crippen molar-refractivity contribution in [2.24, 2.45) is 5.92 Å². The highest BCUT2D eigenvalue weighted by Gasteiger charge is 2.36. The molecule has 3 amide bonds. The van der Waals surface area contributed by atoms with Gasteiger partial charge >= 0.3 is 5.97 Å². The van der Waals surface area contributed by atoms with Crippen molar-refractivity contribution in [1.82, 2.24) is 4.90 Å². The van der Waals surface area contributed by atoms with Gasteiger partial charge in [0.05, 0.1) is 16.7 Å². The normalized spacial score (nSPS) is 14.0. The predicted octanol–water partition coefficient (Wildman–Crippen LogP) is 3.43. The molecule has 0 saturated carbocycles. The molecular formula is C23H24N2O5. The molecule has 0 fully saturated rings. The molecule has 7 heteroatoms. The van der Waals surface area contributed by atoms with E-state index in [-0.39, 0.29) is 28.5 Å². The number of ether oxygens (including phenoxy) is 1. The number of fused-ring (bicyclic) bond motifs is 1. The lowest BCUT2D eigenvalue weighted by atomic mass is 10.1. The van der Waals surface area contributed by atoms with Crippen LogP contribution in [0.15, 0.2) is 42.5 Å². The summed E-state index contributed by atoms with van der Waals surface area (Å²) in [6.45, 7) is 7.54. The average Bonchev–Trinajstić information content (AvgIpc) is 2.93. The maximum atomic E-state index is 12.6. The molecule has 1 unspecified atom stereocenters. The van der Waals surface area contributed by atoms with E-state index in [1.54, 1.807) is 12.1 Å². The van der Waals surface area contributed by atoms with E-state index in [1.165, 1.54) is 30.0 Å². The van der Waals surface area contributed by atoms with Crippen LogP contribution in [0.3, 0.4) is 0 Å². The van der Waals surface area contributed by atoms with E-state index < -0.39 is 23.9 Å². The standard InChI is InChI=1S/C23H24N2O5/c1-13(2)12-25-21(27)18-10-7-16(11-19(18)22(25)28)23(29)30-15(4)20(26)24-17-8-5-14(3)6-9-17/h5-11,13,15H,12H2,1-4H3,(H,24,26). The molecule has 3 rings (SSSR count). The fraction of sp³-hybridized carbons (Fsp3) is 0.304. The zero-order valence-corrected chi connectivity index (χ0v) is 17.4. The number of esters is 1. The van der Waals surface area contributed by atoms with Crippen LogP contribution < -0.4 is 5.32 Å². The van der Waals surface area contributed by atoms with E-state index in [4.69, 9.17) is 4.74 Å². The molecule has 0 radical (unpaired) electrons. The number of aryl methyl sites for hydroxylation is 1. The second-order valence-electron chi connectivity index (χ2n) is 7.78. The number of carbonyl (C=O) groups excluding carboxylic acids is 4. The molecule has 1 atom stereocenters. The van der Waals surface area contributed by atoms with E-state index >= 15 is 0 Å². The minimum atomic E-state index is -1.04. The van der Waals surface area contributed by atoms with Crippen LogP contribution in [-0.4, -0.2) is 41.2 Å². The molecule has 0 spiro atoms. The quantitative estimate of drug-likeness (QED) is 0.584. The Labute approximate surface area is 175 Å². The van der Waals surface area contributed by atoms with Crippen LogP contribution in [0.1, 0.15) is 57.4 Å². The number of imide groups is 1. The fourth-order valence-electron chi connectivity index (χ4n) is 3.11. The Kier molecular flexibility index (Phi) is 6.01. The summed E-state index contributed by atoms with van der Waals surface area (Å²) in [5, 5.41) is 2.68. The van der Waals surface area contributed by atoms with Crippen molar-refractivity contribution in [3.05, 3.63) is 64.7 Å². The Morgan fingerprint density at radius 3 is 2.23 bits per heavy atom. The van der Waals surface area contributed by atoms with Crippen LogP contribution in [0, 0.1) is 12.8 Å². The van der Waals surface area contributed by atoms with Gasteiger partial charge in [-0.25, -0.2) is 4.79 Å². The SMILES string of the molecule is Cc1ccc(NC(=O)C(C)OC(=O)c2ccc3c(c2)C(=O)N(CC(C)C)C3=O)cc1. The van der Waals surface area contributed by atoms with Crippen LogP contribution in [0.2, 0.25) is 0 Å². The van der Waals surface area contributed by atoms with E-state index in [1.807, 2.05) is 32.9 Å². The number of rotatable bonds is 6. The topological polar surface area (TPSA) is 92.8 Å². The molecule has 1 heterocycles. The van der Waals surface area contributed by atoms with Crippen molar-refractivity contribution in [2.75, 3.05) is 11.9 Å². The Morgan fingerprint density at radius 2 is 1.60 bits per heavy atom. The number of carbonyl (C=O) groups is 4. The van der Waals surface area contributed by atoms with Gasteiger partial charge in [-0.3, -0.25) is 19.3 Å². The van der Waals surface area contributed by atoms with Crippen LogP contribution >= 0.6 is 0 Å². The smallest absolute Gasteiger partial charge is 0.338 e. The van der Waals surface area contributed by atoms with Crippen LogP contribution in [-0.2, 0) is 9.53 Å². The van der Waals surface area contributed by atoms with Crippen LogP contribution in [0.25, 0.3) is 0 Å². The summed E-state index contributed by atoms with van der Waals surface area (Å²) in [6.07, 6.45) is -1.04. The second-order valence-corrected chi connectivity index (χ2v) is 7.78. The van der Waals surface area contributed by atoms with Crippen molar-refractivity contribution in [3.8, 4) is 0 Å². The first-order valence-corrected chi connectivity index (χ1v) is 9.76. The van der Waals surface area contributed by atoms with E-state index in [0.29, 0.717) is 12.2 Å². The van der Waals surface area contributed by atoms with Gasteiger partial charge in [0.15, 0.2) is 6.10 Å². The third kappa shape index (κ3) is 4.40. The molecule has 0 bridgehead atoms. The highest BCUT2D eigenvalue weighted by molar-refractivity contribution is 6.22. The van der Waals surface area contributed by atoms with E-state index in [0.717, 1.165) is 5.56 Å². The van der Waals surface area contributed by atoms with Gasteiger partial charge in [-0.1, -0.05) is 31.5 Å². The molecule has 156 valence electrons. The maximum Gasteiger partial charge on any atom is 0.338 e. The monoisotopic (exact) mass is 408 g/mol.